The van der Waals surface area contributed by atoms with Gasteiger partial charge in [-0.2, -0.15) is 14.6 Å². The third-order valence-electron chi connectivity index (χ3n) is 3.69. The van der Waals surface area contributed by atoms with Gasteiger partial charge in [0.2, 0.25) is 0 Å². The zero-order chi connectivity index (χ0) is 14.1. The van der Waals surface area contributed by atoms with Crippen molar-refractivity contribution in [3.8, 4) is 0 Å². The van der Waals surface area contributed by atoms with Gasteiger partial charge in [-0.25, -0.2) is 4.98 Å². The summed E-state index contributed by atoms with van der Waals surface area (Å²) in [5.41, 5.74) is 0.861. The van der Waals surface area contributed by atoms with E-state index in [2.05, 4.69) is 20.0 Å². The Bertz CT molecular complexity index is 639. The van der Waals surface area contributed by atoms with E-state index in [1.165, 1.54) is 6.33 Å². The zero-order valence-corrected chi connectivity index (χ0v) is 11.4. The molecular weight excluding hydrogens is 258 g/mol. The van der Waals surface area contributed by atoms with Crippen LogP contribution in [0.1, 0.15) is 31.4 Å². The number of rotatable bonds is 3. The van der Waals surface area contributed by atoms with Gasteiger partial charge in [-0.05, 0) is 26.2 Å². The van der Waals surface area contributed by atoms with E-state index in [1.54, 1.807) is 4.52 Å². The summed E-state index contributed by atoms with van der Waals surface area (Å²) in [6.07, 6.45) is 4.65. The summed E-state index contributed by atoms with van der Waals surface area (Å²) in [5.74, 6) is 0.679. The Balaban J connectivity index is 2.02. The maximum absolute atomic E-state index is 11.1. The second-order valence-corrected chi connectivity index (χ2v) is 5.17. The van der Waals surface area contributed by atoms with Crippen molar-refractivity contribution in [3.63, 3.8) is 0 Å². The summed E-state index contributed by atoms with van der Waals surface area (Å²) >= 11 is 0. The molecule has 0 amide bonds. The van der Waals surface area contributed by atoms with Crippen LogP contribution >= 0.6 is 0 Å². The highest BCUT2D eigenvalue weighted by molar-refractivity contribution is 5.68. The topological polar surface area (TPSA) is 83.6 Å². The molecule has 0 aromatic carbocycles. The van der Waals surface area contributed by atoms with Crippen LogP contribution in [0, 0.1) is 6.92 Å². The van der Waals surface area contributed by atoms with Crippen LogP contribution in [-0.2, 0) is 4.79 Å². The van der Waals surface area contributed by atoms with Crippen LogP contribution in [0.15, 0.2) is 12.4 Å². The van der Waals surface area contributed by atoms with E-state index in [9.17, 15) is 4.79 Å². The molecule has 1 aliphatic rings. The van der Waals surface area contributed by atoms with Gasteiger partial charge in [0.15, 0.2) is 0 Å². The van der Waals surface area contributed by atoms with Crippen LogP contribution in [0.25, 0.3) is 5.78 Å². The second kappa shape index (κ2) is 5.07. The average Bonchev–Trinajstić information content (AvgIpc) is 2.86. The van der Waals surface area contributed by atoms with Gasteiger partial charge in [0.1, 0.15) is 12.1 Å². The normalized spacial score (nSPS) is 19.4. The molecule has 7 nitrogen and oxygen atoms in total. The Morgan fingerprint density at radius 1 is 1.50 bits per heavy atom. The van der Waals surface area contributed by atoms with Crippen molar-refractivity contribution in [1.82, 2.24) is 19.6 Å². The molecule has 1 aliphatic heterocycles. The molecule has 0 aliphatic carbocycles. The second-order valence-electron chi connectivity index (χ2n) is 5.17. The fourth-order valence-corrected chi connectivity index (χ4v) is 2.83. The quantitative estimate of drug-likeness (QED) is 0.908. The molecular formula is C13H17N5O2. The zero-order valence-electron chi connectivity index (χ0n) is 11.4. The molecule has 2 aromatic heterocycles. The molecule has 2 aromatic rings. The Labute approximate surface area is 116 Å². The summed E-state index contributed by atoms with van der Waals surface area (Å²) in [6, 6.07) is 1.96. The van der Waals surface area contributed by atoms with Gasteiger partial charge in [-0.15, -0.1) is 0 Å². The van der Waals surface area contributed by atoms with Crippen LogP contribution in [-0.4, -0.2) is 43.2 Å². The standard InChI is InChI=1S/C13H17N5O2/c1-9-6-11(18-13(16-9)14-8-15-18)17-5-3-2-4-10(17)7-12(19)20/h6,8,10H,2-5,7H2,1H3,(H,19,20). The monoisotopic (exact) mass is 275 g/mol. The third kappa shape index (κ3) is 2.31. The fraction of sp³-hybridized carbons (Fsp3) is 0.538. The lowest BCUT2D eigenvalue weighted by Crippen LogP contribution is -2.42. The lowest BCUT2D eigenvalue weighted by Gasteiger charge is -2.36. The molecule has 1 atom stereocenters. The van der Waals surface area contributed by atoms with Crippen molar-refractivity contribution in [3.05, 3.63) is 18.1 Å². The van der Waals surface area contributed by atoms with Crippen molar-refractivity contribution in [2.24, 2.45) is 0 Å². The van der Waals surface area contributed by atoms with Crippen molar-refractivity contribution in [1.29, 1.82) is 0 Å². The first kappa shape index (κ1) is 12.8. The SMILES string of the molecule is Cc1cc(N2CCCCC2CC(=O)O)n2ncnc2n1. The summed E-state index contributed by atoms with van der Waals surface area (Å²) in [5, 5.41) is 13.3. The maximum Gasteiger partial charge on any atom is 0.305 e. The Hall–Kier alpha value is -2.18. The predicted molar refractivity (Wildman–Crippen MR) is 72.8 cm³/mol. The number of hydrogen-bond donors (Lipinski definition) is 1. The molecule has 1 N–H and O–H groups in total. The number of carboxylic acid groups (broad SMARTS) is 1. The van der Waals surface area contributed by atoms with E-state index in [1.807, 2.05) is 13.0 Å². The molecule has 3 rings (SSSR count). The number of aromatic nitrogens is 4. The van der Waals surface area contributed by atoms with Gasteiger partial charge in [-0.1, -0.05) is 0 Å². The summed E-state index contributed by atoms with van der Waals surface area (Å²) in [6.45, 7) is 2.75. The average molecular weight is 275 g/mol. The number of aliphatic carboxylic acids is 1. The van der Waals surface area contributed by atoms with Crippen molar-refractivity contribution in [2.75, 3.05) is 11.4 Å². The third-order valence-corrected chi connectivity index (χ3v) is 3.69. The molecule has 3 heterocycles. The molecule has 0 radical (unpaired) electrons. The fourth-order valence-electron chi connectivity index (χ4n) is 2.83. The van der Waals surface area contributed by atoms with Crippen LogP contribution in [0.4, 0.5) is 5.82 Å². The van der Waals surface area contributed by atoms with Crippen molar-refractivity contribution >= 4 is 17.6 Å². The van der Waals surface area contributed by atoms with Gasteiger partial charge in [-0.3, -0.25) is 4.79 Å². The summed E-state index contributed by atoms with van der Waals surface area (Å²) < 4.78 is 1.69. The summed E-state index contributed by atoms with van der Waals surface area (Å²) in [7, 11) is 0. The summed E-state index contributed by atoms with van der Waals surface area (Å²) in [4.78, 5) is 21.6. The molecule has 1 fully saturated rings. The highest BCUT2D eigenvalue weighted by Crippen LogP contribution is 2.26. The number of carbonyl (C=O) groups is 1. The van der Waals surface area contributed by atoms with E-state index in [0.717, 1.165) is 37.3 Å². The van der Waals surface area contributed by atoms with E-state index in [-0.39, 0.29) is 12.5 Å². The first-order chi connectivity index (χ1) is 9.65. The predicted octanol–water partition coefficient (Wildman–Crippen LogP) is 1.27. The highest BCUT2D eigenvalue weighted by atomic mass is 16.4. The molecule has 0 spiro atoms. The molecule has 106 valence electrons. The largest absolute Gasteiger partial charge is 0.481 e. The van der Waals surface area contributed by atoms with Crippen molar-refractivity contribution < 1.29 is 9.90 Å². The minimum Gasteiger partial charge on any atom is -0.481 e. The molecule has 7 heteroatoms. The highest BCUT2D eigenvalue weighted by Gasteiger charge is 2.27. The van der Waals surface area contributed by atoms with E-state index in [0.29, 0.717) is 5.78 Å². The smallest absolute Gasteiger partial charge is 0.305 e. The molecule has 0 bridgehead atoms. The number of nitrogens with zero attached hydrogens (tertiary/aromatic N) is 5. The number of anilines is 1. The Morgan fingerprint density at radius 3 is 3.15 bits per heavy atom. The van der Waals surface area contributed by atoms with Crippen LogP contribution < -0.4 is 4.90 Å². The van der Waals surface area contributed by atoms with Crippen LogP contribution in [0.3, 0.4) is 0 Å². The Kier molecular flexibility index (Phi) is 3.25. The minimum atomic E-state index is -0.762. The Morgan fingerprint density at radius 2 is 2.35 bits per heavy atom. The molecule has 1 unspecified atom stereocenters. The first-order valence-electron chi connectivity index (χ1n) is 6.81. The maximum atomic E-state index is 11.1. The van der Waals surface area contributed by atoms with E-state index < -0.39 is 5.97 Å². The number of piperidine rings is 1. The number of carboxylic acids is 1. The van der Waals surface area contributed by atoms with Gasteiger partial charge in [0.25, 0.3) is 5.78 Å². The van der Waals surface area contributed by atoms with Gasteiger partial charge >= 0.3 is 5.97 Å². The van der Waals surface area contributed by atoms with Crippen LogP contribution in [0.5, 0.6) is 0 Å². The lowest BCUT2D eigenvalue weighted by atomic mass is 9.99. The van der Waals surface area contributed by atoms with E-state index in [4.69, 9.17) is 5.11 Å². The van der Waals surface area contributed by atoms with Gasteiger partial charge in [0.05, 0.1) is 6.42 Å². The van der Waals surface area contributed by atoms with Gasteiger partial charge in [0, 0.05) is 24.3 Å². The number of aryl methyl sites for hydroxylation is 1. The lowest BCUT2D eigenvalue weighted by molar-refractivity contribution is -0.137. The van der Waals surface area contributed by atoms with Crippen LogP contribution in [0.2, 0.25) is 0 Å². The van der Waals surface area contributed by atoms with E-state index >= 15 is 0 Å². The number of fused-ring (bicyclic) bond motifs is 1. The molecule has 0 saturated carbocycles. The molecule has 1 saturated heterocycles. The minimum absolute atomic E-state index is 0.00968. The van der Waals surface area contributed by atoms with Gasteiger partial charge < -0.3 is 10.0 Å². The molecule has 20 heavy (non-hydrogen) atoms. The first-order valence-corrected chi connectivity index (χ1v) is 6.81. The number of hydrogen-bond acceptors (Lipinski definition) is 5. The van der Waals surface area contributed by atoms with Crippen molar-refractivity contribution in [2.45, 2.75) is 38.6 Å².